The van der Waals surface area contributed by atoms with Crippen LogP contribution >= 0.6 is 0 Å². The van der Waals surface area contributed by atoms with Gasteiger partial charge in [-0.1, -0.05) is 5.10 Å². The van der Waals surface area contributed by atoms with Crippen molar-refractivity contribution in [3.05, 3.63) is 72.4 Å². The Hall–Kier alpha value is -4.40. The summed E-state index contributed by atoms with van der Waals surface area (Å²) in [6, 6.07) is 12.0. The second-order valence-electron chi connectivity index (χ2n) is 7.49. The van der Waals surface area contributed by atoms with Crippen molar-refractivity contribution in [2.24, 2.45) is 7.05 Å². The number of aromatic nitrogens is 6. The van der Waals surface area contributed by atoms with Crippen LogP contribution in [0.5, 0.6) is 17.5 Å². The first-order valence-electron chi connectivity index (χ1n) is 10.0. The summed E-state index contributed by atoms with van der Waals surface area (Å²) in [5.74, 6) is 0.700. The van der Waals surface area contributed by atoms with Gasteiger partial charge in [0.15, 0.2) is 5.82 Å². The van der Waals surface area contributed by atoms with Gasteiger partial charge >= 0.3 is 6.01 Å². The fourth-order valence-corrected chi connectivity index (χ4v) is 3.80. The van der Waals surface area contributed by atoms with Crippen LogP contribution in [0.2, 0.25) is 0 Å². The molecule has 0 bridgehead atoms. The zero-order valence-electron chi connectivity index (χ0n) is 17.2. The third-order valence-corrected chi connectivity index (χ3v) is 5.45. The van der Waals surface area contributed by atoms with Crippen LogP contribution in [0.15, 0.2) is 61.1 Å². The molecule has 3 N–H and O–H groups in total. The lowest BCUT2D eigenvalue weighted by molar-refractivity contribution is 0.420. The van der Waals surface area contributed by atoms with Gasteiger partial charge in [-0.15, -0.1) is 5.10 Å². The van der Waals surface area contributed by atoms with Crippen LogP contribution in [0.1, 0.15) is 11.4 Å². The standard InChI is InChI=1S/C23H20N6O3/c1-28-10-7-14-11-16(4-5-18(14)28)29-22(26-27-23(29)32)17-12-15(19(30)13-20(17)31)3-6-21-24-8-2-9-25-21/h2,4-5,7-13,30-31H,3,6H2,1H3,(H,27,32). The lowest BCUT2D eigenvalue weighted by Crippen LogP contribution is -2.00. The van der Waals surface area contributed by atoms with E-state index >= 15 is 0 Å². The fourth-order valence-electron chi connectivity index (χ4n) is 3.80. The Kier molecular flexibility index (Phi) is 4.70. The number of phenols is 2. The molecule has 5 aromatic rings. The molecule has 0 unspecified atom stereocenters. The Morgan fingerprint density at radius 3 is 2.50 bits per heavy atom. The Morgan fingerprint density at radius 2 is 1.69 bits per heavy atom. The van der Waals surface area contributed by atoms with Crippen LogP contribution in [0.3, 0.4) is 0 Å². The van der Waals surface area contributed by atoms with Gasteiger partial charge in [0.2, 0.25) is 0 Å². The molecule has 0 radical (unpaired) electrons. The number of hydrogen-bond acceptors (Lipinski definition) is 7. The molecule has 2 aromatic carbocycles. The van der Waals surface area contributed by atoms with Gasteiger partial charge in [-0.05, 0) is 48.4 Å². The van der Waals surface area contributed by atoms with Crippen molar-refractivity contribution < 1.29 is 15.3 Å². The average molecular weight is 428 g/mol. The third-order valence-electron chi connectivity index (χ3n) is 5.45. The minimum atomic E-state index is -0.304. The molecule has 5 rings (SSSR count). The second kappa shape index (κ2) is 7.69. The van der Waals surface area contributed by atoms with Gasteiger partial charge < -0.3 is 19.9 Å². The number of aromatic hydroxyl groups is 3. The van der Waals surface area contributed by atoms with E-state index < -0.39 is 0 Å². The fraction of sp³-hybridized carbons (Fsp3) is 0.130. The summed E-state index contributed by atoms with van der Waals surface area (Å²) in [4.78, 5) is 8.40. The zero-order chi connectivity index (χ0) is 22.2. The summed E-state index contributed by atoms with van der Waals surface area (Å²) in [6.45, 7) is 0. The number of phenolic OH excluding ortho intramolecular Hbond substituents is 2. The van der Waals surface area contributed by atoms with Crippen molar-refractivity contribution in [2.75, 3.05) is 0 Å². The first kappa shape index (κ1) is 19.6. The number of benzene rings is 2. The number of nitrogens with zero attached hydrogens (tertiary/aromatic N) is 6. The van der Waals surface area contributed by atoms with Gasteiger partial charge in [0.05, 0.1) is 11.3 Å². The molecule has 0 aliphatic rings. The molecule has 32 heavy (non-hydrogen) atoms. The topological polar surface area (TPSA) is 122 Å². The summed E-state index contributed by atoms with van der Waals surface area (Å²) >= 11 is 0. The zero-order valence-corrected chi connectivity index (χ0v) is 17.2. The Balaban J connectivity index is 1.56. The molecule has 3 heterocycles. The van der Waals surface area contributed by atoms with E-state index in [1.165, 1.54) is 10.6 Å². The molecule has 0 fully saturated rings. The van der Waals surface area contributed by atoms with Crippen molar-refractivity contribution in [1.29, 1.82) is 0 Å². The molecular formula is C23H20N6O3. The van der Waals surface area contributed by atoms with Gasteiger partial charge in [0.25, 0.3) is 0 Å². The number of aryl methyl sites for hydroxylation is 3. The van der Waals surface area contributed by atoms with Crippen LogP contribution in [-0.4, -0.2) is 44.6 Å². The highest BCUT2D eigenvalue weighted by Gasteiger charge is 2.20. The van der Waals surface area contributed by atoms with E-state index in [1.807, 2.05) is 42.1 Å². The maximum Gasteiger partial charge on any atom is 0.319 e. The maximum atomic E-state index is 10.6. The number of rotatable bonds is 5. The molecule has 9 heteroatoms. The molecule has 3 aromatic heterocycles. The van der Waals surface area contributed by atoms with Crippen molar-refractivity contribution in [2.45, 2.75) is 12.8 Å². The summed E-state index contributed by atoms with van der Waals surface area (Å²) in [5.41, 5.74) is 2.62. The van der Waals surface area contributed by atoms with Gasteiger partial charge in [0.1, 0.15) is 17.3 Å². The smallest absolute Gasteiger partial charge is 0.319 e. The second-order valence-corrected chi connectivity index (χ2v) is 7.49. The van der Waals surface area contributed by atoms with Crippen LogP contribution < -0.4 is 0 Å². The first-order chi connectivity index (χ1) is 15.5. The molecule has 0 saturated carbocycles. The highest BCUT2D eigenvalue weighted by Crippen LogP contribution is 2.37. The van der Waals surface area contributed by atoms with Gasteiger partial charge in [-0.25, -0.2) is 14.5 Å². The maximum absolute atomic E-state index is 10.6. The van der Waals surface area contributed by atoms with Crippen LogP contribution in [0.25, 0.3) is 28.0 Å². The summed E-state index contributed by atoms with van der Waals surface area (Å²) in [6.07, 6.45) is 6.26. The summed E-state index contributed by atoms with van der Waals surface area (Å²) < 4.78 is 3.46. The number of hydrogen-bond donors (Lipinski definition) is 3. The molecule has 0 aliphatic heterocycles. The molecule has 160 valence electrons. The van der Waals surface area contributed by atoms with Crippen LogP contribution in [0.4, 0.5) is 0 Å². The largest absolute Gasteiger partial charge is 0.508 e. The minimum absolute atomic E-state index is 0.0387. The summed E-state index contributed by atoms with van der Waals surface area (Å²) in [5, 5.41) is 40.2. The lowest BCUT2D eigenvalue weighted by Gasteiger charge is -2.12. The molecule has 0 atom stereocenters. The summed E-state index contributed by atoms with van der Waals surface area (Å²) in [7, 11) is 1.96. The normalized spacial score (nSPS) is 11.3. The third kappa shape index (κ3) is 3.39. The van der Waals surface area contributed by atoms with Crippen molar-refractivity contribution >= 4 is 10.9 Å². The Morgan fingerprint density at radius 1 is 0.875 bits per heavy atom. The van der Waals surface area contributed by atoms with E-state index in [4.69, 9.17) is 0 Å². The van der Waals surface area contributed by atoms with Crippen LogP contribution in [0, 0.1) is 0 Å². The predicted molar refractivity (Wildman–Crippen MR) is 118 cm³/mol. The van der Waals surface area contributed by atoms with E-state index in [1.54, 1.807) is 24.5 Å². The van der Waals surface area contributed by atoms with Gasteiger partial charge in [-0.2, -0.15) is 0 Å². The van der Waals surface area contributed by atoms with Crippen LogP contribution in [-0.2, 0) is 19.9 Å². The molecule has 0 saturated heterocycles. The SMILES string of the molecule is Cn1ccc2cc(-n3c(O)nnc3-c3cc(CCc4ncccn4)c(O)cc3O)ccc21. The average Bonchev–Trinajstić information content (AvgIpc) is 3.36. The highest BCUT2D eigenvalue weighted by molar-refractivity contribution is 5.83. The minimum Gasteiger partial charge on any atom is -0.508 e. The monoisotopic (exact) mass is 428 g/mol. The van der Waals surface area contributed by atoms with Crippen molar-refractivity contribution in [1.82, 2.24) is 29.3 Å². The highest BCUT2D eigenvalue weighted by atomic mass is 16.3. The molecule has 9 nitrogen and oxygen atoms in total. The first-order valence-corrected chi connectivity index (χ1v) is 10.0. The lowest BCUT2D eigenvalue weighted by atomic mass is 10.0. The number of fused-ring (bicyclic) bond motifs is 1. The van der Waals surface area contributed by atoms with E-state index in [0.29, 0.717) is 35.5 Å². The van der Waals surface area contributed by atoms with Gasteiger partial charge in [0, 0.05) is 49.0 Å². The molecular weight excluding hydrogens is 408 g/mol. The van der Waals surface area contributed by atoms with E-state index in [-0.39, 0.29) is 23.3 Å². The van der Waals surface area contributed by atoms with Crippen molar-refractivity contribution in [3.8, 4) is 34.6 Å². The van der Waals surface area contributed by atoms with Crippen molar-refractivity contribution in [3.63, 3.8) is 0 Å². The van der Waals surface area contributed by atoms with E-state index in [0.717, 1.165) is 10.9 Å². The quantitative estimate of drug-likeness (QED) is 0.393. The Bertz CT molecular complexity index is 1420. The molecule has 0 spiro atoms. The molecule has 0 amide bonds. The van der Waals surface area contributed by atoms with E-state index in [9.17, 15) is 15.3 Å². The Labute approximate surface area is 182 Å². The predicted octanol–water partition coefficient (Wildman–Crippen LogP) is 3.12. The van der Waals surface area contributed by atoms with Gasteiger partial charge in [-0.3, -0.25) is 0 Å². The molecule has 0 aliphatic carbocycles. The van der Waals surface area contributed by atoms with E-state index in [2.05, 4.69) is 20.2 Å².